The summed E-state index contributed by atoms with van der Waals surface area (Å²) in [5.74, 6) is -0.684. The van der Waals surface area contributed by atoms with Crippen molar-refractivity contribution in [1.82, 2.24) is 5.32 Å². The first kappa shape index (κ1) is 11.7. The van der Waals surface area contributed by atoms with Crippen molar-refractivity contribution in [3.63, 3.8) is 0 Å². The van der Waals surface area contributed by atoms with E-state index in [2.05, 4.69) is 37.2 Å². The fourth-order valence-corrected chi connectivity index (χ4v) is 1.91. The van der Waals surface area contributed by atoms with E-state index in [4.69, 9.17) is 0 Å². The van der Waals surface area contributed by atoms with Crippen LogP contribution >= 0.6 is 31.9 Å². The van der Waals surface area contributed by atoms with Gasteiger partial charge in [-0.25, -0.2) is 4.39 Å². The molecular weight excluding hydrogens is 317 g/mol. The number of halogens is 3. The molecule has 0 aromatic heterocycles. The Morgan fingerprint density at radius 3 is 2.71 bits per heavy atom. The van der Waals surface area contributed by atoms with Crippen LogP contribution in [-0.2, 0) is 4.79 Å². The predicted octanol–water partition coefficient (Wildman–Crippen LogP) is 2.77. The zero-order valence-corrected chi connectivity index (χ0v) is 10.5. The lowest BCUT2D eigenvalue weighted by molar-refractivity contribution is -0.120. The molecule has 1 rings (SSSR count). The highest BCUT2D eigenvalue weighted by molar-refractivity contribution is 9.10. The molecule has 76 valence electrons. The first-order valence-corrected chi connectivity index (χ1v) is 5.57. The van der Waals surface area contributed by atoms with Crippen molar-refractivity contribution >= 4 is 37.8 Å². The van der Waals surface area contributed by atoms with E-state index < -0.39 is 10.6 Å². The minimum Gasteiger partial charge on any atom is -0.358 e. The van der Waals surface area contributed by atoms with Crippen molar-refractivity contribution < 1.29 is 9.18 Å². The van der Waals surface area contributed by atoms with Crippen molar-refractivity contribution in [1.29, 1.82) is 0 Å². The number of hydrogen-bond acceptors (Lipinski definition) is 1. The molecule has 0 fully saturated rings. The maximum absolute atomic E-state index is 13.4. The molecule has 1 N–H and O–H groups in total. The van der Waals surface area contributed by atoms with Gasteiger partial charge in [0.25, 0.3) is 0 Å². The van der Waals surface area contributed by atoms with E-state index in [9.17, 15) is 9.18 Å². The van der Waals surface area contributed by atoms with Gasteiger partial charge in [-0.3, -0.25) is 4.79 Å². The van der Waals surface area contributed by atoms with Gasteiger partial charge in [0.1, 0.15) is 10.6 Å². The summed E-state index contributed by atoms with van der Waals surface area (Å²) >= 11 is 6.26. The number of carbonyl (C=O) groups excluding carboxylic acids is 1. The Bertz CT molecular complexity index is 357. The van der Waals surface area contributed by atoms with E-state index in [1.165, 1.54) is 13.1 Å². The van der Waals surface area contributed by atoms with Crippen LogP contribution in [0.5, 0.6) is 0 Å². The molecule has 14 heavy (non-hydrogen) atoms. The number of alkyl halides is 1. The third-order valence-electron chi connectivity index (χ3n) is 1.71. The Labute approximate surface area is 98.1 Å². The standard InChI is InChI=1S/C9H8Br2FNO/c1-13-9(14)8(11)6-3-2-5(10)4-7(6)12/h2-4,8H,1H3,(H,13,14). The number of likely N-dealkylation sites (N-methyl/N-ethyl adjacent to an activating group) is 1. The Morgan fingerprint density at radius 1 is 1.57 bits per heavy atom. The second-order valence-electron chi connectivity index (χ2n) is 2.64. The van der Waals surface area contributed by atoms with Gasteiger partial charge in [-0.15, -0.1) is 0 Å². The van der Waals surface area contributed by atoms with Crippen molar-refractivity contribution in [2.75, 3.05) is 7.05 Å². The normalized spacial score (nSPS) is 12.3. The summed E-state index contributed by atoms with van der Waals surface area (Å²) < 4.78 is 14.0. The highest BCUT2D eigenvalue weighted by atomic mass is 79.9. The molecule has 0 spiro atoms. The molecule has 1 amide bonds. The number of hydrogen-bond donors (Lipinski definition) is 1. The highest BCUT2D eigenvalue weighted by Crippen LogP contribution is 2.27. The maximum Gasteiger partial charge on any atom is 0.238 e. The van der Waals surface area contributed by atoms with E-state index in [0.717, 1.165) is 0 Å². The average molecular weight is 325 g/mol. The average Bonchev–Trinajstić information content (AvgIpc) is 2.15. The Morgan fingerprint density at radius 2 is 2.21 bits per heavy atom. The van der Waals surface area contributed by atoms with Gasteiger partial charge in [-0.2, -0.15) is 0 Å². The molecule has 1 atom stereocenters. The SMILES string of the molecule is CNC(=O)C(Br)c1ccc(Br)cc1F. The van der Waals surface area contributed by atoms with Crippen LogP contribution in [0.1, 0.15) is 10.4 Å². The minimum atomic E-state index is -0.652. The topological polar surface area (TPSA) is 29.1 Å². The Hall–Kier alpha value is -0.420. The second-order valence-corrected chi connectivity index (χ2v) is 4.47. The molecule has 2 nitrogen and oxygen atoms in total. The van der Waals surface area contributed by atoms with Crippen LogP contribution in [0.4, 0.5) is 4.39 Å². The summed E-state index contributed by atoms with van der Waals surface area (Å²) in [5, 5.41) is 2.44. The summed E-state index contributed by atoms with van der Waals surface area (Å²) in [6, 6.07) is 4.58. The van der Waals surface area contributed by atoms with E-state index in [1.54, 1.807) is 12.1 Å². The molecule has 0 saturated carbocycles. The number of nitrogens with one attached hydrogen (secondary N) is 1. The van der Waals surface area contributed by atoms with Crippen molar-refractivity contribution in [2.24, 2.45) is 0 Å². The lowest BCUT2D eigenvalue weighted by Gasteiger charge is -2.09. The second kappa shape index (κ2) is 4.89. The van der Waals surface area contributed by atoms with Crippen LogP contribution in [0.15, 0.2) is 22.7 Å². The van der Waals surface area contributed by atoms with E-state index in [-0.39, 0.29) is 5.91 Å². The molecule has 0 heterocycles. The van der Waals surface area contributed by atoms with E-state index in [0.29, 0.717) is 10.0 Å². The third-order valence-corrected chi connectivity index (χ3v) is 3.11. The van der Waals surface area contributed by atoms with Gasteiger partial charge in [-0.1, -0.05) is 37.9 Å². The molecule has 5 heteroatoms. The first-order valence-electron chi connectivity index (χ1n) is 3.87. The fourth-order valence-electron chi connectivity index (χ4n) is 0.975. The smallest absolute Gasteiger partial charge is 0.238 e. The number of rotatable bonds is 2. The van der Waals surface area contributed by atoms with Gasteiger partial charge in [0.05, 0.1) is 0 Å². The van der Waals surface area contributed by atoms with Crippen LogP contribution in [0, 0.1) is 5.82 Å². The van der Waals surface area contributed by atoms with Gasteiger partial charge in [0, 0.05) is 17.1 Å². The van der Waals surface area contributed by atoms with Crippen LogP contribution < -0.4 is 5.32 Å². The van der Waals surface area contributed by atoms with E-state index >= 15 is 0 Å². The maximum atomic E-state index is 13.4. The molecule has 1 aromatic carbocycles. The first-order chi connectivity index (χ1) is 6.56. The van der Waals surface area contributed by atoms with Crippen LogP contribution in [0.3, 0.4) is 0 Å². The van der Waals surface area contributed by atoms with Gasteiger partial charge < -0.3 is 5.32 Å². The van der Waals surface area contributed by atoms with Crippen molar-refractivity contribution in [3.8, 4) is 0 Å². The van der Waals surface area contributed by atoms with Crippen LogP contribution in [0.25, 0.3) is 0 Å². The molecule has 1 aromatic rings. The molecule has 0 bridgehead atoms. The van der Waals surface area contributed by atoms with Crippen molar-refractivity contribution in [3.05, 3.63) is 34.1 Å². The Balaban J connectivity index is 3.01. The molecule has 0 aliphatic heterocycles. The van der Waals surface area contributed by atoms with Crippen LogP contribution in [-0.4, -0.2) is 13.0 Å². The zero-order chi connectivity index (χ0) is 10.7. The summed E-state index contributed by atoms with van der Waals surface area (Å²) in [4.78, 5) is 10.6. The lowest BCUT2D eigenvalue weighted by atomic mass is 10.1. The molecule has 0 radical (unpaired) electrons. The molecule has 0 aliphatic carbocycles. The van der Waals surface area contributed by atoms with Gasteiger partial charge in [0.15, 0.2) is 0 Å². The third kappa shape index (κ3) is 2.54. The molecule has 1 unspecified atom stereocenters. The monoisotopic (exact) mass is 323 g/mol. The number of amides is 1. The summed E-state index contributed by atoms with van der Waals surface area (Å²) in [6.45, 7) is 0. The van der Waals surface area contributed by atoms with Gasteiger partial charge in [0.2, 0.25) is 5.91 Å². The zero-order valence-electron chi connectivity index (χ0n) is 7.35. The fraction of sp³-hybridized carbons (Fsp3) is 0.222. The molecular formula is C9H8Br2FNO. The molecule has 0 aliphatic rings. The number of benzene rings is 1. The lowest BCUT2D eigenvalue weighted by Crippen LogP contribution is -2.22. The highest BCUT2D eigenvalue weighted by Gasteiger charge is 2.19. The summed E-state index contributed by atoms with van der Waals surface area (Å²) in [7, 11) is 1.51. The minimum absolute atomic E-state index is 0.272. The Kier molecular flexibility index (Phi) is 4.07. The van der Waals surface area contributed by atoms with Crippen LogP contribution in [0.2, 0.25) is 0 Å². The number of carbonyl (C=O) groups is 1. The largest absolute Gasteiger partial charge is 0.358 e. The van der Waals surface area contributed by atoms with Crippen molar-refractivity contribution in [2.45, 2.75) is 4.83 Å². The molecule has 0 saturated heterocycles. The predicted molar refractivity (Wildman–Crippen MR) is 59.8 cm³/mol. The summed E-state index contributed by atoms with van der Waals surface area (Å²) in [6.07, 6.45) is 0. The van der Waals surface area contributed by atoms with Gasteiger partial charge >= 0.3 is 0 Å². The van der Waals surface area contributed by atoms with Gasteiger partial charge in [-0.05, 0) is 12.1 Å². The summed E-state index contributed by atoms with van der Waals surface area (Å²) in [5.41, 5.74) is 0.326. The quantitative estimate of drug-likeness (QED) is 0.833. The van der Waals surface area contributed by atoms with E-state index in [1.807, 2.05) is 0 Å².